The summed E-state index contributed by atoms with van der Waals surface area (Å²) in [6.45, 7) is 2.96. The van der Waals surface area contributed by atoms with Crippen LogP contribution in [0.2, 0.25) is 0 Å². The molecule has 0 saturated carbocycles. The first kappa shape index (κ1) is 13.8. The average Bonchev–Trinajstić information content (AvgIpc) is 3.22. The number of hydrogen-bond acceptors (Lipinski definition) is 3. The molecule has 1 unspecified atom stereocenters. The Hall–Kier alpha value is -2.81. The molecule has 1 aliphatic heterocycles. The van der Waals surface area contributed by atoms with Crippen LogP contribution in [-0.4, -0.2) is 12.3 Å². The van der Waals surface area contributed by atoms with Crippen LogP contribution in [0, 0.1) is 5.92 Å². The topological polar surface area (TPSA) is 37.5 Å². The van der Waals surface area contributed by atoms with Crippen molar-refractivity contribution in [3.8, 4) is 0 Å². The maximum Gasteiger partial charge on any atom is 0.152 e. The highest BCUT2D eigenvalue weighted by molar-refractivity contribution is 6.05. The predicted molar refractivity (Wildman–Crippen MR) is 94.3 cm³/mol. The quantitative estimate of drug-likeness (QED) is 0.775. The molecule has 2 heterocycles. The van der Waals surface area contributed by atoms with E-state index in [1.807, 2.05) is 24.3 Å². The summed E-state index contributed by atoms with van der Waals surface area (Å²) >= 11 is 0. The van der Waals surface area contributed by atoms with Gasteiger partial charge in [-0.15, -0.1) is 0 Å². The van der Waals surface area contributed by atoms with Gasteiger partial charge in [-0.2, -0.15) is 5.10 Å². The first-order valence-electron chi connectivity index (χ1n) is 7.84. The third-order valence-corrected chi connectivity index (χ3v) is 4.25. The number of para-hydroxylation sites is 1. The Kier molecular flexibility index (Phi) is 3.46. The zero-order valence-corrected chi connectivity index (χ0v) is 13.0. The fourth-order valence-electron chi connectivity index (χ4n) is 3.02. The number of benzene rings is 2. The van der Waals surface area contributed by atoms with Crippen LogP contribution < -0.4 is 5.43 Å². The first-order chi connectivity index (χ1) is 11.3. The standard InChI is InChI=1S/C20H18N2O/c1-14(11-15-7-3-2-4-8-15)17-13-21-22-20(17)19-12-16-9-5-6-10-18(16)23-19/h2-12,17,21H,13H2,1H3/b14-11+. The minimum Gasteiger partial charge on any atom is -0.455 e. The number of fused-ring (bicyclic) bond motifs is 1. The second kappa shape index (κ2) is 5.76. The van der Waals surface area contributed by atoms with E-state index in [4.69, 9.17) is 4.42 Å². The Balaban J connectivity index is 1.67. The second-order valence-corrected chi connectivity index (χ2v) is 5.86. The van der Waals surface area contributed by atoms with Gasteiger partial charge in [0.1, 0.15) is 11.3 Å². The van der Waals surface area contributed by atoms with Crippen LogP contribution in [0.4, 0.5) is 0 Å². The normalized spacial score (nSPS) is 18.0. The molecule has 3 aromatic rings. The lowest BCUT2D eigenvalue weighted by Gasteiger charge is -2.11. The Morgan fingerprint density at radius 1 is 1.13 bits per heavy atom. The fraction of sp³-hybridized carbons (Fsp3) is 0.150. The van der Waals surface area contributed by atoms with Crippen molar-refractivity contribution in [1.29, 1.82) is 0 Å². The van der Waals surface area contributed by atoms with Gasteiger partial charge in [-0.25, -0.2) is 0 Å². The van der Waals surface area contributed by atoms with E-state index in [0.717, 1.165) is 29.0 Å². The molecule has 3 nitrogen and oxygen atoms in total. The molecule has 23 heavy (non-hydrogen) atoms. The number of hydrazone groups is 1. The van der Waals surface area contributed by atoms with Gasteiger partial charge in [-0.3, -0.25) is 0 Å². The fourth-order valence-corrected chi connectivity index (χ4v) is 3.02. The number of hydrogen-bond donors (Lipinski definition) is 1. The van der Waals surface area contributed by atoms with Crippen LogP contribution in [0.25, 0.3) is 17.0 Å². The summed E-state index contributed by atoms with van der Waals surface area (Å²) < 4.78 is 5.98. The highest BCUT2D eigenvalue weighted by Crippen LogP contribution is 2.27. The van der Waals surface area contributed by atoms with Crippen molar-refractivity contribution < 1.29 is 4.42 Å². The van der Waals surface area contributed by atoms with E-state index < -0.39 is 0 Å². The molecule has 3 heteroatoms. The monoisotopic (exact) mass is 302 g/mol. The molecule has 1 N–H and O–H groups in total. The maximum absolute atomic E-state index is 5.98. The third kappa shape index (κ3) is 2.66. The minimum atomic E-state index is 0.232. The van der Waals surface area contributed by atoms with Crippen molar-refractivity contribution in [3.63, 3.8) is 0 Å². The molecule has 0 amide bonds. The number of nitrogens with zero attached hydrogens (tertiary/aromatic N) is 1. The summed E-state index contributed by atoms with van der Waals surface area (Å²) in [5.74, 6) is 1.08. The Bertz CT molecular complexity index is 857. The van der Waals surface area contributed by atoms with Crippen LogP contribution >= 0.6 is 0 Å². The zero-order valence-electron chi connectivity index (χ0n) is 13.0. The predicted octanol–water partition coefficient (Wildman–Crippen LogP) is 4.46. The molecule has 0 radical (unpaired) electrons. The second-order valence-electron chi connectivity index (χ2n) is 5.86. The first-order valence-corrected chi connectivity index (χ1v) is 7.84. The SMILES string of the molecule is C/C(=C\c1ccccc1)C1CNN=C1c1cc2ccccc2o1. The minimum absolute atomic E-state index is 0.232. The summed E-state index contributed by atoms with van der Waals surface area (Å²) in [4.78, 5) is 0. The molecule has 2 aromatic carbocycles. The average molecular weight is 302 g/mol. The van der Waals surface area contributed by atoms with Gasteiger partial charge in [0, 0.05) is 17.8 Å². The largest absolute Gasteiger partial charge is 0.455 e. The molecule has 4 rings (SSSR count). The van der Waals surface area contributed by atoms with Crippen molar-refractivity contribution in [3.05, 3.63) is 77.6 Å². The zero-order chi connectivity index (χ0) is 15.6. The van der Waals surface area contributed by atoms with Crippen LogP contribution in [-0.2, 0) is 0 Å². The van der Waals surface area contributed by atoms with E-state index in [2.05, 4.69) is 59.9 Å². The molecule has 0 fully saturated rings. The molecule has 1 aromatic heterocycles. The van der Waals surface area contributed by atoms with Gasteiger partial charge in [-0.05, 0) is 24.6 Å². The van der Waals surface area contributed by atoms with E-state index in [9.17, 15) is 0 Å². The van der Waals surface area contributed by atoms with Crippen LogP contribution in [0.5, 0.6) is 0 Å². The van der Waals surface area contributed by atoms with Crippen molar-refractivity contribution >= 4 is 22.8 Å². The third-order valence-electron chi connectivity index (χ3n) is 4.25. The van der Waals surface area contributed by atoms with Gasteiger partial charge in [0.2, 0.25) is 0 Å². The molecule has 114 valence electrons. The summed E-state index contributed by atoms with van der Waals surface area (Å²) in [6, 6.07) is 20.5. The van der Waals surface area contributed by atoms with Gasteiger partial charge in [-0.1, -0.05) is 60.2 Å². The van der Waals surface area contributed by atoms with Crippen LogP contribution in [0.1, 0.15) is 18.2 Å². The van der Waals surface area contributed by atoms with Crippen LogP contribution in [0.3, 0.4) is 0 Å². The summed E-state index contributed by atoms with van der Waals surface area (Å²) in [5, 5.41) is 5.59. The smallest absolute Gasteiger partial charge is 0.152 e. The summed E-state index contributed by atoms with van der Waals surface area (Å²) in [5.41, 5.74) is 7.49. The molecule has 0 saturated heterocycles. The molecule has 0 aliphatic carbocycles. The number of rotatable bonds is 3. The van der Waals surface area contributed by atoms with Crippen molar-refractivity contribution in [2.24, 2.45) is 11.0 Å². The highest BCUT2D eigenvalue weighted by atomic mass is 16.3. The molecule has 0 bridgehead atoms. The molecule has 1 atom stereocenters. The molecule has 0 spiro atoms. The van der Waals surface area contributed by atoms with Crippen molar-refractivity contribution in [2.45, 2.75) is 6.92 Å². The van der Waals surface area contributed by atoms with E-state index in [1.165, 1.54) is 11.1 Å². The van der Waals surface area contributed by atoms with Crippen LogP contribution in [0.15, 0.2) is 75.8 Å². The number of furan rings is 1. The highest BCUT2D eigenvalue weighted by Gasteiger charge is 2.26. The molecular formula is C20H18N2O. The summed E-state index contributed by atoms with van der Waals surface area (Å²) in [6.07, 6.45) is 2.22. The lowest BCUT2D eigenvalue weighted by molar-refractivity contribution is 0.599. The number of nitrogens with one attached hydrogen (secondary N) is 1. The summed E-state index contributed by atoms with van der Waals surface area (Å²) in [7, 11) is 0. The Labute approximate surface area is 135 Å². The van der Waals surface area contributed by atoms with Gasteiger partial charge in [0.15, 0.2) is 5.76 Å². The van der Waals surface area contributed by atoms with E-state index in [-0.39, 0.29) is 5.92 Å². The lowest BCUT2D eigenvalue weighted by Crippen LogP contribution is -2.17. The van der Waals surface area contributed by atoms with Crippen molar-refractivity contribution in [1.82, 2.24) is 5.43 Å². The van der Waals surface area contributed by atoms with E-state index >= 15 is 0 Å². The molecular weight excluding hydrogens is 284 g/mol. The maximum atomic E-state index is 5.98. The van der Waals surface area contributed by atoms with E-state index in [0.29, 0.717) is 0 Å². The lowest BCUT2D eigenvalue weighted by atomic mass is 9.93. The van der Waals surface area contributed by atoms with Gasteiger partial charge in [0.25, 0.3) is 0 Å². The Morgan fingerprint density at radius 3 is 2.74 bits per heavy atom. The molecule has 1 aliphatic rings. The van der Waals surface area contributed by atoms with Gasteiger partial charge < -0.3 is 9.84 Å². The Morgan fingerprint density at radius 2 is 1.91 bits per heavy atom. The van der Waals surface area contributed by atoms with E-state index in [1.54, 1.807) is 0 Å². The van der Waals surface area contributed by atoms with Crippen molar-refractivity contribution in [2.75, 3.05) is 6.54 Å². The van der Waals surface area contributed by atoms with Gasteiger partial charge in [0.05, 0.1) is 0 Å². The van der Waals surface area contributed by atoms with Gasteiger partial charge >= 0.3 is 0 Å².